The van der Waals surface area contributed by atoms with Gasteiger partial charge in [-0.25, -0.2) is 4.98 Å². The molecule has 0 saturated heterocycles. The summed E-state index contributed by atoms with van der Waals surface area (Å²) in [6.07, 6.45) is 0.492. The summed E-state index contributed by atoms with van der Waals surface area (Å²) in [5.41, 5.74) is 8.87. The van der Waals surface area contributed by atoms with Crippen LogP contribution in [0.1, 0.15) is 25.3 Å². The molecule has 0 saturated carbocycles. The van der Waals surface area contributed by atoms with E-state index in [0.29, 0.717) is 19.0 Å². The molecule has 1 heterocycles. The van der Waals surface area contributed by atoms with Crippen LogP contribution in [0.25, 0.3) is 10.2 Å². The van der Waals surface area contributed by atoms with Gasteiger partial charge in [0.15, 0.2) is 0 Å². The molecule has 0 amide bonds. The molecule has 0 spiro atoms. The Morgan fingerprint density at radius 3 is 2.84 bits per heavy atom. The summed E-state index contributed by atoms with van der Waals surface area (Å²) in [4.78, 5) is 6.67. The van der Waals surface area contributed by atoms with Gasteiger partial charge in [0.2, 0.25) is 0 Å². The lowest BCUT2D eigenvalue weighted by molar-refractivity contribution is 0.688. The second kappa shape index (κ2) is 5.45. The van der Waals surface area contributed by atoms with Gasteiger partial charge in [0.25, 0.3) is 0 Å². The van der Waals surface area contributed by atoms with Gasteiger partial charge in [-0.3, -0.25) is 0 Å². The molecule has 19 heavy (non-hydrogen) atoms. The van der Waals surface area contributed by atoms with Crippen LogP contribution >= 0.6 is 11.3 Å². The van der Waals surface area contributed by atoms with Crippen molar-refractivity contribution in [3.63, 3.8) is 0 Å². The minimum Gasteiger partial charge on any atom is -0.397 e. The van der Waals surface area contributed by atoms with Gasteiger partial charge in [-0.1, -0.05) is 0 Å². The molecule has 4 nitrogen and oxygen atoms in total. The number of aromatic nitrogens is 1. The van der Waals surface area contributed by atoms with E-state index < -0.39 is 0 Å². The molecule has 2 rings (SSSR count). The molecule has 1 aromatic carbocycles. The average molecular weight is 274 g/mol. The Balaban J connectivity index is 2.46. The zero-order valence-corrected chi connectivity index (χ0v) is 12.3. The van der Waals surface area contributed by atoms with Gasteiger partial charge in [-0.2, -0.15) is 5.26 Å². The molecular weight excluding hydrogens is 256 g/mol. The highest BCUT2D eigenvalue weighted by molar-refractivity contribution is 7.18. The maximum absolute atomic E-state index is 8.77. The van der Waals surface area contributed by atoms with Crippen molar-refractivity contribution in [2.24, 2.45) is 0 Å². The van der Waals surface area contributed by atoms with Crippen molar-refractivity contribution in [2.75, 3.05) is 17.2 Å². The van der Waals surface area contributed by atoms with E-state index in [1.807, 2.05) is 19.1 Å². The van der Waals surface area contributed by atoms with Crippen LogP contribution in [0.4, 0.5) is 11.4 Å². The van der Waals surface area contributed by atoms with Crippen LogP contribution in [0.5, 0.6) is 0 Å². The van der Waals surface area contributed by atoms with E-state index in [9.17, 15) is 0 Å². The lowest BCUT2D eigenvalue weighted by Crippen LogP contribution is -2.32. The quantitative estimate of drug-likeness (QED) is 0.869. The Hall–Kier alpha value is -1.80. The first-order valence-corrected chi connectivity index (χ1v) is 7.15. The predicted molar refractivity (Wildman–Crippen MR) is 81.5 cm³/mol. The number of nitrogen functional groups attached to an aromatic ring is 1. The number of nitrogens with zero attached hydrogens (tertiary/aromatic N) is 3. The predicted octanol–water partition coefficient (Wildman–Crippen LogP) is 3.32. The summed E-state index contributed by atoms with van der Waals surface area (Å²) in [6, 6.07) is 6.50. The van der Waals surface area contributed by atoms with Crippen molar-refractivity contribution >= 4 is 32.9 Å². The van der Waals surface area contributed by atoms with Gasteiger partial charge < -0.3 is 10.6 Å². The van der Waals surface area contributed by atoms with E-state index in [-0.39, 0.29) is 0 Å². The molecular formula is C14H18N4S. The molecule has 0 aliphatic heterocycles. The molecule has 0 atom stereocenters. The molecule has 2 aromatic rings. The van der Waals surface area contributed by atoms with Crippen molar-refractivity contribution in [3.05, 3.63) is 17.1 Å². The summed E-state index contributed by atoms with van der Waals surface area (Å²) in [5.74, 6) is 0. The zero-order chi connectivity index (χ0) is 14.0. The molecule has 100 valence electrons. The Morgan fingerprint density at radius 1 is 1.47 bits per heavy atom. The van der Waals surface area contributed by atoms with Crippen LogP contribution in [-0.2, 0) is 0 Å². The van der Waals surface area contributed by atoms with E-state index in [4.69, 9.17) is 11.0 Å². The van der Waals surface area contributed by atoms with Gasteiger partial charge in [0, 0.05) is 12.6 Å². The highest BCUT2D eigenvalue weighted by Gasteiger charge is 2.15. The average Bonchev–Trinajstić information content (AvgIpc) is 2.68. The van der Waals surface area contributed by atoms with Crippen molar-refractivity contribution in [2.45, 2.75) is 33.2 Å². The third kappa shape index (κ3) is 2.79. The molecule has 0 aliphatic carbocycles. The fourth-order valence-electron chi connectivity index (χ4n) is 2.17. The van der Waals surface area contributed by atoms with Gasteiger partial charge in [0.1, 0.15) is 0 Å². The highest BCUT2D eigenvalue weighted by Crippen LogP contribution is 2.33. The number of anilines is 2. The summed E-state index contributed by atoms with van der Waals surface area (Å²) in [5, 5.41) is 9.81. The number of thiazole rings is 1. The van der Waals surface area contributed by atoms with Gasteiger partial charge in [-0.05, 0) is 32.9 Å². The maximum atomic E-state index is 8.77. The molecule has 2 N–H and O–H groups in total. The fourth-order valence-corrected chi connectivity index (χ4v) is 3.03. The Kier molecular flexibility index (Phi) is 3.91. The number of aryl methyl sites for hydroxylation is 1. The SMILES string of the molecule is Cc1nc2cc(N(CCC#N)C(C)C)c(N)cc2s1. The second-order valence-electron chi connectivity index (χ2n) is 4.81. The van der Waals surface area contributed by atoms with E-state index in [2.05, 4.69) is 29.8 Å². The van der Waals surface area contributed by atoms with Gasteiger partial charge in [0.05, 0.1) is 39.1 Å². The lowest BCUT2D eigenvalue weighted by atomic mass is 10.2. The van der Waals surface area contributed by atoms with Gasteiger partial charge in [-0.15, -0.1) is 11.3 Å². The van der Waals surface area contributed by atoms with E-state index in [1.165, 1.54) is 0 Å². The smallest absolute Gasteiger partial charge is 0.0907 e. The molecule has 0 aliphatic rings. The maximum Gasteiger partial charge on any atom is 0.0907 e. The number of benzene rings is 1. The summed E-state index contributed by atoms with van der Waals surface area (Å²) < 4.78 is 1.11. The second-order valence-corrected chi connectivity index (χ2v) is 6.04. The minimum absolute atomic E-state index is 0.299. The lowest BCUT2D eigenvalue weighted by Gasteiger charge is -2.29. The van der Waals surface area contributed by atoms with Crippen LogP contribution in [-0.4, -0.2) is 17.6 Å². The van der Waals surface area contributed by atoms with Crippen molar-refractivity contribution < 1.29 is 0 Å². The number of nitriles is 1. The molecule has 1 aromatic heterocycles. The number of hydrogen-bond acceptors (Lipinski definition) is 5. The third-order valence-corrected chi connectivity index (χ3v) is 3.97. The molecule has 0 bridgehead atoms. The summed E-state index contributed by atoms with van der Waals surface area (Å²) in [7, 11) is 0. The normalized spacial score (nSPS) is 10.9. The standard InChI is InChI=1S/C14H18N4S/c1-9(2)18(6-4-5-15)13-8-12-14(7-11(13)16)19-10(3)17-12/h7-9H,4,6,16H2,1-3H3. The van der Waals surface area contributed by atoms with Gasteiger partial charge >= 0.3 is 0 Å². The number of nitrogens with two attached hydrogens (primary N) is 1. The fraction of sp³-hybridized carbons (Fsp3) is 0.429. The number of rotatable bonds is 4. The first-order chi connectivity index (χ1) is 9.02. The molecule has 0 fully saturated rings. The topological polar surface area (TPSA) is 65.9 Å². The van der Waals surface area contributed by atoms with Crippen LogP contribution in [0.2, 0.25) is 0 Å². The van der Waals surface area contributed by atoms with Crippen LogP contribution in [0.15, 0.2) is 12.1 Å². The van der Waals surface area contributed by atoms with Crippen molar-refractivity contribution in [1.82, 2.24) is 4.98 Å². The molecule has 5 heteroatoms. The number of hydrogen-bond donors (Lipinski definition) is 1. The Bertz CT molecular complexity index is 624. The summed E-state index contributed by atoms with van der Waals surface area (Å²) in [6.45, 7) is 6.89. The van der Waals surface area contributed by atoms with E-state index in [0.717, 1.165) is 26.6 Å². The summed E-state index contributed by atoms with van der Waals surface area (Å²) >= 11 is 1.65. The highest BCUT2D eigenvalue weighted by atomic mass is 32.1. The van der Waals surface area contributed by atoms with E-state index >= 15 is 0 Å². The zero-order valence-electron chi connectivity index (χ0n) is 11.5. The number of fused-ring (bicyclic) bond motifs is 1. The Morgan fingerprint density at radius 2 is 2.21 bits per heavy atom. The van der Waals surface area contributed by atoms with Crippen LogP contribution in [0.3, 0.4) is 0 Å². The van der Waals surface area contributed by atoms with Crippen LogP contribution in [0, 0.1) is 18.3 Å². The van der Waals surface area contributed by atoms with Crippen molar-refractivity contribution in [3.8, 4) is 6.07 Å². The first-order valence-electron chi connectivity index (χ1n) is 6.33. The molecule has 0 unspecified atom stereocenters. The first kappa shape index (κ1) is 13.6. The monoisotopic (exact) mass is 274 g/mol. The van der Waals surface area contributed by atoms with Crippen LogP contribution < -0.4 is 10.6 Å². The minimum atomic E-state index is 0.299. The third-order valence-electron chi connectivity index (χ3n) is 3.04. The van der Waals surface area contributed by atoms with Crippen molar-refractivity contribution in [1.29, 1.82) is 5.26 Å². The largest absolute Gasteiger partial charge is 0.397 e. The molecule has 0 radical (unpaired) electrons. The Labute approximate surface area is 117 Å². The van der Waals surface area contributed by atoms with E-state index in [1.54, 1.807) is 11.3 Å².